The number of anilines is 1. The van der Waals surface area contributed by atoms with E-state index >= 15 is 0 Å². The Morgan fingerprint density at radius 1 is 1.57 bits per heavy atom. The Labute approximate surface area is 150 Å². The minimum absolute atomic E-state index is 0.00909. The van der Waals surface area contributed by atoms with Crippen molar-refractivity contribution in [3.63, 3.8) is 0 Å². The second kappa shape index (κ2) is 7.76. The number of rotatable bonds is 6. The van der Waals surface area contributed by atoms with Crippen LogP contribution in [0.3, 0.4) is 0 Å². The zero-order valence-electron chi connectivity index (χ0n) is 13.9. The highest BCUT2D eigenvalue weighted by Gasteiger charge is 2.33. The van der Waals surface area contributed by atoms with Gasteiger partial charge in [0.1, 0.15) is 0 Å². The second-order valence-electron chi connectivity index (χ2n) is 6.16. The first kappa shape index (κ1) is 18.4. The Kier molecular flexibility index (Phi) is 6.21. The molecule has 1 aromatic rings. The Morgan fingerprint density at radius 3 is 2.96 bits per heavy atom. The normalized spacial score (nSPS) is 20.3. The number of carbonyl (C=O) groups excluding carboxylic acids is 1. The molecule has 0 spiro atoms. The van der Waals surface area contributed by atoms with E-state index in [4.69, 9.17) is 12.2 Å². The van der Waals surface area contributed by atoms with E-state index in [9.17, 15) is 4.79 Å². The predicted octanol–water partition coefficient (Wildman–Crippen LogP) is 2.73. The number of nitrogens with one attached hydrogen (secondary N) is 2. The van der Waals surface area contributed by atoms with Crippen LogP contribution in [0.15, 0.2) is 4.34 Å². The van der Waals surface area contributed by atoms with Crippen LogP contribution in [-0.2, 0) is 4.79 Å². The van der Waals surface area contributed by atoms with Crippen molar-refractivity contribution in [2.24, 2.45) is 0 Å². The standard InChI is InChI=1S/C14H23N5OS3/c1-5-22-13-18-17-11(23-13)15-10(20)6-7-19-9(2)8-14(3,4)16-12(19)21/h9H,5-8H2,1-4H3,(H,16,21)(H,15,17,20). The van der Waals surface area contributed by atoms with Gasteiger partial charge in [0, 0.05) is 24.5 Å². The molecule has 6 nitrogen and oxygen atoms in total. The fourth-order valence-corrected chi connectivity index (χ4v) is 4.84. The average molecular weight is 374 g/mol. The minimum atomic E-state index is -0.0611. The highest BCUT2D eigenvalue weighted by molar-refractivity contribution is 8.01. The third-order valence-corrected chi connectivity index (χ3v) is 5.74. The molecule has 1 amide bonds. The summed E-state index contributed by atoms with van der Waals surface area (Å²) in [5.74, 6) is 0.880. The van der Waals surface area contributed by atoms with Crippen LogP contribution in [0.25, 0.3) is 0 Å². The molecule has 0 aromatic carbocycles. The quantitative estimate of drug-likeness (QED) is 0.451. The molecule has 2 heterocycles. The summed E-state index contributed by atoms with van der Waals surface area (Å²) in [7, 11) is 0. The van der Waals surface area contributed by atoms with Gasteiger partial charge in [0.15, 0.2) is 9.45 Å². The van der Waals surface area contributed by atoms with Gasteiger partial charge in [-0.3, -0.25) is 4.79 Å². The maximum atomic E-state index is 12.1. The lowest BCUT2D eigenvalue weighted by Crippen LogP contribution is -2.60. The Balaban J connectivity index is 1.83. The van der Waals surface area contributed by atoms with Crippen molar-refractivity contribution < 1.29 is 4.79 Å². The van der Waals surface area contributed by atoms with Crippen LogP contribution in [0, 0.1) is 0 Å². The fourth-order valence-electron chi connectivity index (χ4n) is 2.63. The van der Waals surface area contributed by atoms with E-state index in [-0.39, 0.29) is 11.4 Å². The van der Waals surface area contributed by atoms with Crippen molar-refractivity contribution in [2.45, 2.75) is 56.5 Å². The SMILES string of the molecule is CCSc1nnc(NC(=O)CCN2C(=S)NC(C)(C)CC2C)s1. The monoisotopic (exact) mass is 373 g/mol. The lowest BCUT2D eigenvalue weighted by molar-refractivity contribution is -0.116. The van der Waals surface area contributed by atoms with Crippen LogP contribution < -0.4 is 10.6 Å². The molecule has 1 fully saturated rings. The molecule has 1 atom stereocenters. The first-order valence-electron chi connectivity index (χ1n) is 7.65. The summed E-state index contributed by atoms with van der Waals surface area (Å²) in [5.41, 5.74) is 0.00909. The van der Waals surface area contributed by atoms with Crippen molar-refractivity contribution in [1.29, 1.82) is 0 Å². The molecule has 0 bridgehead atoms. The largest absolute Gasteiger partial charge is 0.358 e. The van der Waals surface area contributed by atoms with Crippen molar-refractivity contribution in [3.05, 3.63) is 0 Å². The highest BCUT2D eigenvalue weighted by atomic mass is 32.2. The highest BCUT2D eigenvalue weighted by Crippen LogP contribution is 2.25. The number of nitrogens with zero attached hydrogens (tertiary/aromatic N) is 3. The molecule has 23 heavy (non-hydrogen) atoms. The Morgan fingerprint density at radius 2 is 2.30 bits per heavy atom. The van der Waals surface area contributed by atoms with Crippen LogP contribution in [0.2, 0.25) is 0 Å². The van der Waals surface area contributed by atoms with E-state index < -0.39 is 0 Å². The van der Waals surface area contributed by atoms with Crippen molar-refractivity contribution >= 4 is 51.5 Å². The molecular formula is C14H23N5OS3. The summed E-state index contributed by atoms with van der Waals surface area (Å²) >= 11 is 8.45. The molecular weight excluding hydrogens is 350 g/mol. The van der Waals surface area contributed by atoms with E-state index in [1.54, 1.807) is 11.8 Å². The molecule has 1 saturated heterocycles. The third kappa shape index (κ3) is 5.29. The van der Waals surface area contributed by atoms with Gasteiger partial charge < -0.3 is 15.5 Å². The Bertz CT molecular complexity index is 575. The van der Waals surface area contributed by atoms with Crippen LogP contribution in [0.1, 0.15) is 40.5 Å². The molecule has 0 aliphatic carbocycles. The van der Waals surface area contributed by atoms with Crippen molar-refractivity contribution in [1.82, 2.24) is 20.4 Å². The summed E-state index contributed by atoms with van der Waals surface area (Å²) in [6.07, 6.45) is 1.37. The lowest BCUT2D eigenvalue weighted by Gasteiger charge is -2.44. The smallest absolute Gasteiger partial charge is 0.227 e. The zero-order chi connectivity index (χ0) is 17.0. The zero-order valence-corrected chi connectivity index (χ0v) is 16.3. The number of thiocarbonyl (C=S) groups is 1. The molecule has 0 radical (unpaired) electrons. The summed E-state index contributed by atoms with van der Waals surface area (Å²) in [4.78, 5) is 14.2. The van der Waals surface area contributed by atoms with Crippen LogP contribution in [0.5, 0.6) is 0 Å². The number of hydrogen-bond acceptors (Lipinski definition) is 6. The fraction of sp³-hybridized carbons (Fsp3) is 0.714. The average Bonchev–Trinajstić information content (AvgIpc) is 2.84. The predicted molar refractivity (Wildman–Crippen MR) is 100 cm³/mol. The summed E-state index contributed by atoms with van der Waals surface area (Å²) in [5, 5.41) is 15.4. The van der Waals surface area contributed by atoms with Gasteiger partial charge in [0.25, 0.3) is 0 Å². The molecule has 2 N–H and O–H groups in total. The van der Waals surface area contributed by atoms with Gasteiger partial charge in [0.2, 0.25) is 11.0 Å². The summed E-state index contributed by atoms with van der Waals surface area (Å²) in [6, 6.07) is 0.320. The maximum Gasteiger partial charge on any atom is 0.227 e. The number of hydrogen-bond donors (Lipinski definition) is 2. The van der Waals surface area contributed by atoms with E-state index in [0.717, 1.165) is 21.6 Å². The lowest BCUT2D eigenvalue weighted by atomic mass is 9.93. The number of amides is 1. The van der Waals surface area contributed by atoms with Gasteiger partial charge in [-0.1, -0.05) is 30.0 Å². The molecule has 2 rings (SSSR count). The maximum absolute atomic E-state index is 12.1. The molecule has 1 aliphatic rings. The Hall–Kier alpha value is -0.930. The summed E-state index contributed by atoms with van der Waals surface area (Å²) < 4.78 is 0.875. The van der Waals surface area contributed by atoms with Gasteiger partial charge in [-0.15, -0.1) is 10.2 Å². The van der Waals surface area contributed by atoms with Crippen molar-refractivity contribution in [3.8, 4) is 0 Å². The number of aromatic nitrogens is 2. The van der Waals surface area contributed by atoms with Crippen LogP contribution in [-0.4, -0.2) is 50.0 Å². The molecule has 1 aliphatic heterocycles. The molecule has 1 aromatic heterocycles. The van der Waals surface area contributed by atoms with Crippen LogP contribution >= 0.6 is 35.3 Å². The molecule has 128 valence electrons. The molecule has 0 saturated carbocycles. The van der Waals surface area contributed by atoms with Crippen LogP contribution in [0.4, 0.5) is 5.13 Å². The second-order valence-corrected chi connectivity index (χ2v) is 9.04. The topological polar surface area (TPSA) is 70.2 Å². The number of thioether (sulfide) groups is 1. The van der Waals surface area contributed by atoms with Gasteiger partial charge >= 0.3 is 0 Å². The summed E-state index contributed by atoms with van der Waals surface area (Å²) in [6.45, 7) is 9.08. The van der Waals surface area contributed by atoms with E-state index in [2.05, 4.69) is 53.4 Å². The number of carbonyl (C=O) groups is 1. The first-order valence-corrected chi connectivity index (χ1v) is 9.86. The van der Waals surface area contributed by atoms with E-state index in [1.807, 2.05) is 0 Å². The van der Waals surface area contributed by atoms with Gasteiger partial charge in [-0.25, -0.2) is 0 Å². The molecule has 9 heteroatoms. The minimum Gasteiger partial charge on any atom is -0.358 e. The van der Waals surface area contributed by atoms with Gasteiger partial charge in [-0.05, 0) is 45.2 Å². The van der Waals surface area contributed by atoms with Crippen molar-refractivity contribution in [2.75, 3.05) is 17.6 Å². The van der Waals surface area contributed by atoms with E-state index in [1.165, 1.54) is 11.3 Å². The van der Waals surface area contributed by atoms with Gasteiger partial charge in [0.05, 0.1) is 0 Å². The first-order chi connectivity index (χ1) is 10.8. The molecule has 1 unspecified atom stereocenters. The van der Waals surface area contributed by atoms with E-state index in [0.29, 0.717) is 24.1 Å². The third-order valence-electron chi connectivity index (χ3n) is 3.54. The van der Waals surface area contributed by atoms with Gasteiger partial charge in [-0.2, -0.15) is 0 Å².